The lowest BCUT2D eigenvalue weighted by Crippen LogP contribution is -2.44. The molecular formula is C14H22N2O2S. The lowest BCUT2D eigenvalue weighted by molar-refractivity contribution is -0.123. The molecule has 1 aromatic heterocycles. The van der Waals surface area contributed by atoms with Crippen molar-refractivity contribution >= 4 is 17.2 Å². The average Bonchev–Trinajstić information content (AvgIpc) is 2.83. The molecule has 0 radical (unpaired) electrons. The van der Waals surface area contributed by atoms with Crippen LogP contribution in [0.5, 0.6) is 0 Å². The van der Waals surface area contributed by atoms with E-state index in [1.165, 1.54) is 11.3 Å². The Balaban J connectivity index is 1.79. The van der Waals surface area contributed by atoms with Gasteiger partial charge in [0.05, 0.1) is 19.7 Å². The number of thiophene rings is 1. The molecule has 0 bridgehead atoms. The number of amides is 1. The average molecular weight is 282 g/mol. The van der Waals surface area contributed by atoms with E-state index in [-0.39, 0.29) is 18.6 Å². The number of aliphatic hydroxyl groups excluding tert-OH is 1. The number of hydrogen-bond acceptors (Lipinski definition) is 4. The first-order valence-corrected chi connectivity index (χ1v) is 7.81. The van der Waals surface area contributed by atoms with Crippen molar-refractivity contribution in [3.8, 4) is 0 Å². The molecule has 0 spiro atoms. The Bertz CT molecular complexity index is 381. The minimum Gasteiger partial charge on any atom is -0.395 e. The molecule has 1 atom stereocenters. The van der Waals surface area contributed by atoms with Crippen molar-refractivity contribution in [2.45, 2.75) is 38.3 Å². The predicted octanol–water partition coefficient (Wildman–Crippen LogP) is 1.60. The zero-order valence-electron chi connectivity index (χ0n) is 11.2. The van der Waals surface area contributed by atoms with Crippen molar-refractivity contribution in [1.29, 1.82) is 0 Å². The van der Waals surface area contributed by atoms with Gasteiger partial charge in [0.25, 0.3) is 0 Å². The zero-order valence-corrected chi connectivity index (χ0v) is 12.0. The van der Waals surface area contributed by atoms with Gasteiger partial charge in [0.1, 0.15) is 0 Å². The van der Waals surface area contributed by atoms with Crippen LogP contribution >= 0.6 is 11.3 Å². The highest BCUT2D eigenvalue weighted by Crippen LogP contribution is 2.16. The van der Waals surface area contributed by atoms with E-state index in [0.717, 1.165) is 25.8 Å². The van der Waals surface area contributed by atoms with Gasteiger partial charge < -0.3 is 10.4 Å². The predicted molar refractivity (Wildman–Crippen MR) is 77.1 cm³/mol. The number of carbonyl (C=O) groups excluding carboxylic acids is 1. The van der Waals surface area contributed by atoms with Crippen molar-refractivity contribution in [3.05, 3.63) is 22.4 Å². The van der Waals surface area contributed by atoms with E-state index < -0.39 is 0 Å². The second kappa shape index (κ2) is 7.62. The molecule has 1 saturated heterocycles. The van der Waals surface area contributed by atoms with Gasteiger partial charge in [-0.3, -0.25) is 9.69 Å². The molecule has 0 aliphatic carbocycles. The second-order valence-electron chi connectivity index (χ2n) is 5.01. The van der Waals surface area contributed by atoms with E-state index in [0.29, 0.717) is 13.1 Å². The van der Waals surface area contributed by atoms with Crippen molar-refractivity contribution in [2.75, 3.05) is 19.7 Å². The lowest BCUT2D eigenvalue weighted by atomic mass is 10.1. The number of rotatable bonds is 5. The Morgan fingerprint density at radius 2 is 2.37 bits per heavy atom. The smallest absolute Gasteiger partial charge is 0.234 e. The van der Waals surface area contributed by atoms with Crippen LogP contribution in [0, 0.1) is 0 Å². The highest BCUT2D eigenvalue weighted by molar-refractivity contribution is 7.09. The maximum atomic E-state index is 12.0. The Hall–Kier alpha value is -0.910. The normalized spacial score (nSPS) is 21.0. The lowest BCUT2D eigenvalue weighted by Gasteiger charge is -2.27. The van der Waals surface area contributed by atoms with E-state index in [4.69, 9.17) is 0 Å². The molecule has 1 fully saturated rings. The standard InChI is InChI=1S/C14H22N2O2S/c17-11-12-5-2-1-3-7-16(12)10-14(18)15-9-13-6-4-8-19-13/h4,6,8,12,17H,1-3,5,7,9-11H2,(H,15,18). The molecule has 1 unspecified atom stereocenters. The molecule has 2 heterocycles. The van der Waals surface area contributed by atoms with Crippen molar-refractivity contribution in [2.24, 2.45) is 0 Å². The number of nitrogens with one attached hydrogen (secondary N) is 1. The van der Waals surface area contributed by atoms with Crippen LogP contribution in [-0.4, -0.2) is 41.7 Å². The zero-order chi connectivity index (χ0) is 13.5. The summed E-state index contributed by atoms with van der Waals surface area (Å²) in [6, 6.07) is 4.16. The van der Waals surface area contributed by atoms with Gasteiger partial charge in [0.2, 0.25) is 5.91 Å². The summed E-state index contributed by atoms with van der Waals surface area (Å²) >= 11 is 1.65. The van der Waals surface area contributed by atoms with Gasteiger partial charge in [0.15, 0.2) is 0 Å². The van der Waals surface area contributed by atoms with E-state index in [1.807, 2.05) is 17.5 Å². The monoisotopic (exact) mass is 282 g/mol. The van der Waals surface area contributed by atoms with E-state index in [9.17, 15) is 9.90 Å². The van der Waals surface area contributed by atoms with Gasteiger partial charge in [0, 0.05) is 10.9 Å². The SMILES string of the molecule is O=C(CN1CCCCCC1CO)NCc1cccs1. The van der Waals surface area contributed by atoms with Crippen LogP contribution in [0.2, 0.25) is 0 Å². The molecule has 1 aliphatic heterocycles. The van der Waals surface area contributed by atoms with Crippen LogP contribution in [0.25, 0.3) is 0 Å². The second-order valence-corrected chi connectivity index (χ2v) is 6.04. The minimum atomic E-state index is 0.0498. The van der Waals surface area contributed by atoms with Crippen LogP contribution < -0.4 is 5.32 Å². The molecule has 0 saturated carbocycles. The topological polar surface area (TPSA) is 52.6 Å². The maximum Gasteiger partial charge on any atom is 0.234 e. The van der Waals surface area contributed by atoms with Crippen LogP contribution in [0.15, 0.2) is 17.5 Å². The molecule has 1 aromatic rings. The molecule has 2 N–H and O–H groups in total. The third-order valence-corrected chi connectivity index (χ3v) is 4.47. The summed E-state index contributed by atoms with van der Waals surface area (Å²) in [5, 5.41) is 14.4. The minimum absolute atomic E-state index is 0.0498. The van der Waals surface area contributed by atoms with Crippen LogP contribution in [-0.2, 0) is 11.3 Å². The van der Waals surface area contributed by atoms with Crippen LogP contribution in [0.4, 0.5) is 0 Å². The highest BCUT2D eigenvalue weighted by Gasteiger charge is 2.22. The fourth-order valence-electron chi connectivity index (χ4n) is 2.49. The Kier molecular flexibility index (Phi) is 5.82. The first-order valence-electron chi connectivity index (χ1n) is 6.93. The van der Waals surface area contributed by atoms with E-state index in [1.54, 1.807) is 11.3 Å². The highest BCUT2D eigenvalue weighted by atomic mass is 32.1. The van der Waals surface area contributed by atoms with E-state index >= 15 is 0 Å². The summed E-state index contributed by atoms with van der Waals surface area (Å²) in [6.45, 7) is 2.07. The summed E-state index contributed by atoms with van der Waals surface area (Å²) in [5.74, 6) is 0.0498. The van der Waals surface area contributed by atoms with Gasteiger partial charge >= 0.3 is 0 Å². The fraction of sp³-hybridized carbons (Fsp3) is 0.643. The third-order valence-electron chi connectivity index (χ3n) is 3.60. The van der Waals surface area contributed by atoms with E-state index in [2.05, 4.69) is 10.2 Å². The van der Waals surface area contributed by atoms with Gasteiger partial charge in [-0.05, 0) is 30.8 Å². The Labute approximate surface area is 118 Å². The Morgan fingerprint density at radius 3 is 3.11 bits per heavy atom. The van der Waals surface area contributed by atoms with Crippen molar-refractivity contribution in [1.82, 2.24) is 10.2 Å². The largest absolute Gasteiger partial charge is 0.395 e. The summed E-state index contributed by atoms with van der Waals surface area (Å²) < 4.78 is 0. The third kappa shape index (κ3) is 4.60. The number of aliphatic hydroxyl groups is 1. The first-order chi connectivity index (χ1) is 9.29. The number of likely N-dealkylation sites (tertiary alicyclic amines) is 1. The Morgan fingerprint density at radius 1 is 1.47 bits per heavy atom. The molecule has 0 aromatic carbocycles. The van der Waals surface area contributed by atoms with Crippen molar-refractivity contribution in [3.63, 3.8) is 0 Å². The molecule has 4 nitrogen and oxygen atoms in total. The van der Waals surface area contributed by atoms with Gasteiger partial charge in [-0.1, -0.05) is 18.9 Å². The number of nitrogens with zero attached hydrogens (tertiary/aromatic N) is 1. The van der Waals surface area contributed by atoms with Crippen LogP contribution in [0.3, 0.4) is 0 Å². The summed E-state index contributed by atoms with van der Waals surface area (Å²) in [7, 11) is 0. The van der Waals surface area contributed by atoms with Gasteiger partial charge in [-0.2, -0.15) is 0 Å². The summed E-state index contributed by atoms with van der Waals surface area (Å²) in [4.78, 5) is 15.2. The number of carbonyl (C=O) groups is 1. The molecule has 1 aliphatic rings. The molecule has 1 amide bonds. The molecule has 5 heteroatoms. The summed E-state index contributed by atoms with van der Waals surface area (Å²) in [5.41, 5.74) is 0. The molecular weight excluding hydrogens is 260 g/mol. The number of hydrogen-bond donors (Lipinski definition) is 2. The maximum absolute atomic E-state index is 12.0. The van der Waals surface area contributed by atoms with Crippen molar-refractivity contribution < 1.29 is 9.90 Å². The van der Waals surface area contributed by atoms with Gasteiger partial charge in [-0.15, -0.1) is 11.3 Å². The summed E-state index contributed by atoms with van der Waals surface area (Å²) in [6.07, 6.45) is 4.46. The van der Waals surface area contributed by atoms with Crippen LogP contribution in [0.1, 0.15) is 30.6 Å². The van der Waals surface area contributed by atoms with Gasteiger partial charge in [-0.25, -0.2) is 0 Å². The fourth-order valence-corrected chi connectivity index (χ4v) is 3.14. The quantitative estimate of drug-likeness (QED) is 0.862. The molecule has 19 heavy (non-hydrogen) atoms. The molecule has 2 rings (SSSR count). The molecule has 106 valence electrons. The first kappa shape index (κ1) is 14.5.